The molecule has 0 unspecified atom stereocenters. The van der Waals surface area contributed by atoms with Crippen LogP contribution in [0.25, 0.3) is 0 Å². The second kappa shape index (κ2) is 5.35. The molecule has 76 valence electrons. The fourth-order valence-corrected chi connectivity index (χ4v) is 1.63. The maximum Gasteiger partial charge on any atom is 0.0273 e. The molecule has 0 saturated carbocycles. The van der Waals surface area contributed by atoms with E-state index in [9.17, 15) is 0 Å². The molecule has 0 heteroatoms. The molecule has 0 spiro atoms. The van der Waals surface area contributed by atoms with Crippen LogP contribution in [0.15, 0.2) is 60.7 Å². The van der Waals surface area contributed by atoms with Gasteiger partial charge in [0.05, 0.1) is 0 Å². The maximum atomic E-state index is 8.05. The molecular formula is C15H16. The zero-order chi connectivity index (χ0) is 11.2. The number of aryl methyl sites for hydroxylation is 2. The number of rotatable bonds is 4. The van der Waals surface area contributed by atoms with Gasteiger partial charge in [-0.3, -0.25) is 0 Å². The van der Waals surface area contributed by atoms with Crippen LogP contribution in [-0.2, 0) is 12.8 Å². The predicted octanol–water partition coefficient (Wildman–Crippen LogP) is 3.86. The van der Waals surface area contributed by atoms with Crippen molar-refractivity contribution in [3.8, 4) is 0 Å². The van der Waals surface area contributed by atoms with E-state index in [0.717, 1.165) is 12.8 Å². The van der Waals surface area contributed by atoms with Crippen molar-refractivity contribution in [1.29, 1.82) is 0 Å². The van der Waals surface area contributed by atoms with Crippen molar-refractivity contribution in [2.75, 3.05) is 0 Å². The molecule has 2 aromatic carbocycles. The number of hydrogen-bond donors (Lipinski definition) is 0. The van der Waals surface area contributed by atoms with Gasteiger partial charge in [-0.25, -0.2) is 0 Å². The van der Waals surface area contributed by atoms with Crippen LogP contribution in [0, 0.1) is 0 Å². The van der Waals surface area contributed by atoms with Crippen molar-refractivity contribution in [2.45, 2.75) is 19.2 Å². The first-order valence-corrected chi connectivity index (χ1v) is 5.34. The molecule has 2 aromatic rings. The Bertz CT molecular complexity index is 366. The van der Waals surface area contributed by atoms with E-state index in [0.29, 0.717) is 0 Å². The molecule has 0 atom stereocenters. The van der Waals surface area contributed by atoms with E-state index in [-0.39, 0.29) is 6.40 Å². The van der Waals surface area contributed by atoms with Crippen LogP contribution in [0.4, 0.5) is 0 Å². The summed E-state index contributed by atoms with van der Waals surface area (Å²) in [7, 11) is 0. The Morgan fingerprint density at radius 1 is 0.667 bits per heavy atom. The van der Waals surface area contributed by atoms with Gasteiger partial charge in [0.15, 0.2) is 0 Å². The minimum Gasteiger partial charge on any atom is -0.0622 e. The monoisotopic (exact) mass is 197 g/mol. The van der Waals surface area contributed by atoms with Gasteiger partial charge in [0, 0.05) is 1.37 Å². The summed E-state index contributed by atoms with van der Waals surface area (Å²) in [5, 5.41) is 0. The van der Waals surface area contributed by atoms with Crippen LogP contribution < -0.4 is 0 Å². The van der Waals surface area contributed by atoms with E-state index in [1.807, 2.05) is 36.4 Å². The molecule has 0 bridgehead atoms. The second-order valence-corrected chi connectivity index (χ2v) is 3.67. The lowest BCUT2D eigenvalue weighted by molar-refractivity contribution is 0.821. The van der Waals surface area contributed by atoms with Gasteiger partial charge in [-0.1, -0.05) is 60.7 Å². The van der Waals surface area contributed by atoms with E-state index in [2.05, 4.69) is 24.3 Å². The topological polar surface area (TPSA) is 0 Å². The Morgan fingerprint density at radius 3 is 1.47 bits per heavy atom. The van der Waals surface area contributed by atoms with Gasteiger partial charge in [-0.2, -0.15) is 0 Å². The van der Waals surface area contributed by atoms with Gasteiger partial charge in [0.25, 0.3) is 0 Å². The number of hydrogen-bond acceptors (Lipinski definition) is 0. The first-order valence-electron chi connectivity index (χ1n) is 5.92. The van der Waals surface area contributed by atoms with Gasteiger partial charge in [-0.15, -0.1) is 0 Å². The maximum absolute atomic E-state index is 8.05. The molecule has 2 rings (SSSR count). The van der Waals surface area contributed by atoms with Crippen LogP contribution in [-0.4, -0.2) is 0 Å². The third-order valence-corrected chi connectivity index (χ3v) is 2.45. The molecule has 0 saturated heterocycles. The Labute approximate surface area is 93.0 Å². The lowest BCUT2D eigenvalue weighted by Crippen LogP contribution is -1.89. The van der Waals surface area contributed by atoms with Crippen molar-refractivity contribution in [3.63, 3.8) is 0 Å². The Balaban J connectivity index is 1.92. The van der Waals surface area contributed by atoms with Crippen molar-refractivity contribution in [1.82, 2.24) is 0 Å². The lowest BCUT2D eigenvalue weighted by Gasteiger charge is -2.01. The molecule has 15 heavy (non-hydrogen) atoms. The molecule has 0 aliphatic rings. The molecule has 0 nitrogen and oxygen atoms in total. The average Bonchev–Trinajstić information content (AvgIpc) is 2.31. The van der Waals surface area contributed by atoms with Crippen LogP contribution in [0.2, 0.25) is 0 Å². The summed E-state index contributed by atoms with van der Waals surface area (Å²) in [5.41, 5.74) is 2.50. The lowest BCUT2D eigenvalue weighted by atomic mass is 10.0. The second-order valence-electron chi connectivity index (χ2n) is 3.67. The summed E-state index contributed by atoms with van der Waals surface area (Å²) in [6.45, 7) is 0. The normalized spacial score (nSPS) is 11.4. The molecule has 0 fully saturated rings. The van der Waals surface area contributed by atoms with Crippen LogP contribution in [0.5, 0.6) is 0 Å². The van der Waals surface area contributed by atoms with E-state index >= 15 is 0 Å². The van der Waals surface area contributed by atoms with Gasteiger partial charge >= 0.3 is 0 Å². The van der Waals surface area contributed by atoms with Crippen molar-refractivity contribution in [2.24, 2.45) is 0 Å². The summed E-state index contributed by atoms with van der Waals surface area (Å²) in [5.74, 6) is 0. The Morgan fingerprint density at radius 2 is 1.07 bits per heavy atom. The van der Waals surface area contributed by atoms with E-state index in [1.54, 1.807) is 0 Å². The summed E-state index contributed by atoms with van der Waals surface area (Å²) >= 11 is 0. The molecule has 0 aromatic heterocycles. The first kappa shape index (κ1) is 8.72. The third-order valence-electron chi connectivity index (χ3n) is 2.45. The SMILES string of the molecule is [2H]C(Cc1ccccc1)Cc1ccccc1. The van der Waals surface area contributed by atoms with Crippen LogP contribution in [0.3, 0.4) is 0 Å². The highest BCUT2D eigenvalue weighted by Crippen LogP contribution is 2.07. The summed E-state index contributed by atoms with van der Waals surface area (Å²) in [6, 6.07) is 20.5. The highest BCUT2D eigenvalue weighted by Gasteiger charge is 1.93. The molecule has 0 aliphatic carbocycles. The summed E-state index contributed by atoms with van der Waals surface area (Å²) in [4.78, 5) is 0. The minimum atomic E-state index is -0.0511. The first-order chi connectivity index (χ1) is 7.84. The summed E-state index contributed by atoms with van der Waals surface area (Å²) in [6.07, 6.45) is 1.61. The fraction of sp³-hybridized carbons (Fsp3) is 0.200. The molecule has 0 heterocycles. The quantitative estimate of drug-likeness (QED) is 0.698. The summed E-state index contributed by atoms with van der Waals surface area (Å²) < 4.78 is 8.05. The van der Waals surface area contributed by atoms with Crippen LogP contribution >= 0.6 is 0 Å². The van der Waals surface area contributed by atoms with Gasteiger partial charge in [-0.05, 0) is 30.4 Å². The van der Waals surface area contributed by atoms with Crippen molar-refractivity contribution in [3.05, 3.63) is 71.8 Å². The van der Waals surface area contributed by atoms with E-state index < -0.39 is 0 Å². The molecule has 0 N–H and O–H groups in total. The van der Waals surface area contributed by atoms with E-state index in [4.69, 9.17) is 1.37 Å². The van der Waals surface area contributed by atoms with Crippen molar-refractivity contribution >= 4 is 0 Å². The molecule has 0 amide bonds. The highest BCUT2D eigenvalue weighted by molar-refractivity contribution is 5.17. The van der Waals surface area contributed by atoms with Gasteiger partial charge in [0.2, 0.25) is 0 Å². The molecule has 0 aliphatic heterocycles. The fourth-order valence-electron chi connectivity index (χ4n) is 1.63. The smallest absolute Gasteiger partial charge is 0.0273 e. The van der Waals surface area contributed by atoms with Crippen LogP contribution in [0.1, 0.15) is 18.9 Å². The third kappa shape index (κ3) is 3.25. The predicted molar refractivity (Wildman–Crippen MR) is 64.9 cm³/mol. The largest absolute Gasteiger partial charge is 0.0622 e. The Hall–Kier alpha value is -1.56. The zero-order valence-electron chi connectivity index (χ0n) is 9.77. The standard InChI is InChI=1S/C15H16/c1-3-8-14(9-4-1)12-7-13-15-10-5-2-6-11-15/h1-6,8-11H,7,12-13H2/i7D. The van der Waals surface area contributed by atoms with E-state index in [1.165, 1.54) is 11.1 Å². The molecular weight excluding hydrogens is 180 g/mol. The van der Waals surface area contributed by atoms with Gasteiger partial charge in [0.1, 0.15) is 0 Å². The van der Waals surface area contributed by atoms with Gasteiger partial charge < -0.3 is 0 Å². The highest BCUT2D eigenvalue weighted by atomic mass is 14.0. The molecule has 0 radical (unpaired) electrons. The zero-order valence-corrected chi connectivity index (χ0v) is 8.77. The van der Waals surface area contributed by atoms with Crippen molar-refractivity contribution < 1.29 is 1.37 Å². The number of benzene rings is 2. The Kier molecular flexibility index (Phi) is 3.11. The minimum absolute atomic E-state index is 0.0511. The average molecular weight is 197 g/mol.